The van der Waals surface area contributed by atoms with E-state index in [1.54, 1.807) is 0 Å². The summed E-state index contributed by atoms with van der Waals surface area (Å²) in [7, 11) is 2.08. The third-order valence-electron chi connectivity index (χ3n) is 3.68. The van der Waals surface area contributed by atoms with E-state index in [-0.39, 0.29) is 10.7 Å². The van der Waals surface area contributed by atoms with Crippen LogP contribution in [0, 0.1) is 10.1 Å². The molecule has 5 nitrogen and oxygen atoms in total. The standard InChI is InChI=1S/C13H17Cl2N3O2/c1-17-5-3-2-4-9(17)8-16-12-6-10(14)11(15)7-13(12)18(19)20/h6-7,9,16H,2-5,8H2,1H3. The van der Waals surface area contributed by atoms with Gasteiger partial charge in [0.05, 0.1) is 15.0 Å². The van der Waals surface area contributed by atoms with Crippen LogP contribution >= 0.6 is 23.2 Å². The molecule has 1 fully saturated rings. The molecule has 1 aliphatic heterocycles. The SMILES string of the molecule is CN1CCCCC1CNc1cc(Cl)c(Cl)cc1[N+](=O)[O-]. The monoisotopic (exact) mass is 317 g/mol. The maximum Gasteiger partial charge on any atom is 0.293 e. The van der Waals surface area contributed by atoms with Gasteiger partial charge in [0.15, 0.2) is 0 Å². The molecular formula is C13H17Cl2N3O2. The van der Waals surface area contributed by atoms with Gasteiger partial charge in [-0.05, 0) is 32.5 Å². The molecule has 1 atom stereocenters. The molecule has 0 spiro atoms. The van der Waals surface area contributed by atoms with Crippen molar-refractivity contribution in [3.8, 4) is 0 Å². The first-order valence-corrected chi connectivity index (χ1v) is 7.32. The van der Waals surface area contributed by atoms with Crippen molar-refractivity contribution < 1.29 is 4.92 Å². The zero-order chi connectivity index (χ0) is 14.7. The predicted octanol–water partition coefficient (Wildman–Crippen LogP) is 3.80. The molecule has 1 heterocycles. The van der Waals surface area contributed by atoms with Gasteiger partial charge in [-0.2, -0.15) is 0 Å². The average Bonchev–Trinajstić information content (AvgIpc) is 2.41. The Morgan fingerprint density at radius 1 is 1.40 bits per heavy atom. The molecule has 20 heavy (non-hydrogen) atoms. The van der Waals surface area contributed by atoms with Crippen molar-refractivity contribution in [2.24, 2.45) is 0 Å². The molecule has 1 aromatic rings. The molecule has 0 aliphatic carbocycles. The zero-order valence-electron chi connectivity index (χ0n) is 11.2. The number of hydrogen-bond donors (Lipinski definition) is 1. The lowest BCUT2D eigenvalue weighted by molar-refractivity contribution is -0.383. The Morgan fingerprint density at radius 3 is 2.75 bits per heavy atom. The van der Waals surface area contributed by atoms with E-state index in [4.69, 9.17) is 23.2 Å². The van der Waals surface area contributed by atoms with Crippen molar-refractivity contribution in [1.82, 2.24) is 4.90 Å². The highest BCUT2D eigenvalue weighted by Crippen LogP contribution is 2.34. The average molecular weight is 318 g/mol. The minimum absolute atomic E-state index is 0.0436. The Labute approximate surface area is 128 Å². The van der Waals surface area contributed by atoms with Crippen LogP contribution in [0.4, 0.5) is 11.4 Å². The molecule has 110 valence electrons. The first-order valence-electron chi connectivity index (χ1n) is 6.56. The molecule has 0 amide bonds. The number of benzene rings is 1. The number of rotatable bonds is 4. The second-order valence-corrected chi connectivity index (χ2v) is 5.87. The quantitative estimate of drug-likeness (QED) is 0.678. The van der Waals surface area contributed by atoms with Crippen LogP contribution in [0.2, 0.25) is 10.0 Å². The maximum absolute atomic E-state index is 11.1. The molecule has 1 aromatic carbocycles. The molecular weight excluding hydrogens is 301 g/mol. The van der Waals surface area contributed by atoms with Crippen LogP contribution in [0.25, 0.3) is 0 Å². The number of nitrogens with one attached hydrogen (secondary N) is 1. The van der Waals surface area contributed by atoms with Gasteiger partial charge in [0.25, 0.3) is 5.69 Å². The number of piperidine rings is 1. The summed E-state index contributed by atoms with van der Waals surface area (Å²) in [4.78, 5) is 12.9. The highest BCUT2D eigenvalue weighted by atomic mass is 35.5. The van der Waals surface area contributed by atoms with Crippen LogP contribution in [0.15, 0.2) is 12.1 Å². The van der Waals surface area contributed by atoms with Crippen LogP contribution < -0.4 is 5.32 Å². The molecule has 1 aliphatic rings. The number of halogens is 2. The predicted molar refractivity (Wildman–Crippen MR) is 81.9 cm³/mol. The van der Waals surface area contributed by atoms with E-state index in [0.29, 0.717) is 23.3 Å². The number of nitro benzene ring substituents is 1. The minimum atomic E-state index is -0.449. The van der Waals surface area contributed by atoms with Crippen LogP contribution in [0.3, 0.4) is 0 Å². The van der Waals surface area contributed by atoms with Gasteiger partial charge in [0.2, 0.25) is 0 Å². The Morgan fingerprint density at radius 2 is 2.10 bits per heavy atom. The number of likely N-dealkylation sites (tertiary alicyclic amines) is 1. The lowest BCUT2D eigenvalue weighted by Crippen LogP contribution is -2.40. The van der Waals surface area contributed by atoms with Crippen molar-refractivity contribution >= 4 is 34.6 Å². The highest BCUT2D eigenvalue weighted by Gasteiger charge is 2.21. The van der Waals surface area contributed by atoms with Gasteiger partial charge < -0.3 is 10.2 Å². The van der Waals surface area contributed by atoms with Crippen molar-refractivity contribution in [3.63, 3.8) is 0 Å². The first kappa shape index (κ1) is 15.4. The Bertz CT molecular complexity index is 511. The number of nitro groups is 1. The fourth-order valence-electron chi connectivity index (χ4n) is 2.46. The smallest absolute Gasteiger partial charge is 0.293 e. The Balaban J connectivity index is 2.12. The molecule has 2 rings (SSSR count). The molecule has 1 N–H and O–H groups in total. The summed E-state index contributed by atoms with van der Waals surface area (Å²) in [6.07, 6.45) is 3.50. The van der Waals surface area contributed by atoms with Gasteiger partial charge in [-0.25, -0.2) is 0 Å². The normalized spacial score (nSPS) is 19.9. The van der Waals surface area contributed by atoms with E-state index in [2.05, 4.69) is 17.3 Å². The lowest BCUT2D eigenvalue weighted by atomic mass is 10.0. The number of anilines is 1. The maximum atomic E-state index is 11.1. The largest absolute Gasteiger partial charge is 0.378 e. The van der Waals surface area contributed by atoms with E-state index < -0.39 is 4.92 Å². The number of nitrogens with zero attached hydrogens (tertiary/aromatic N) is 2. The van der Waals surface area contributed by atoms with E-state index >= 15 is 0 Å². The van der Waals surface area contributed by atoms with Crippen molar-refractivity contribution in [2.75, 3.05) is 25.5 Å². The van der Waals surface area contributed by atoms with Gasteiger partial charge in [-0.1, -0.05) is 29.6 Å². The van der Waals surface area contributed by atoms with Crippen molar-refractivity contribution in [2.45, 2.75) is 25.3 Å². The summed E-state index contributed by atoms with van der Waals surface area (Å²) in [6.45, 7) is 1.73. The van der Waals surface area contributed by atoms with Gasteiger partial charge in [0, 0.05) is 18.7 Å². The minimum Gasteiger partial charge on any atom is -0.378 e. The van der Waals surface area contributed by atoms with Crippen LogP contribution in [-0.4, -0.2) is 36.0 Å². The summed E-state index contributed by atoms with van der Waals surface area (Å²) in [5.74, 6) is 0. The second-order valence-electron chi connectivity index (χ2n) is 5.05. The molecule has 7 heteroatoms. The Hall–Kier alpha value is -1.04. The van der Waals surface area contributed by atoms with Crippen LogP contribution in [0.1, 0.15) is 19.3 Å². The summed E-state index contributed by atoms with van der Waals surface area (Å²) >= 11 is 11.8. The fraction of sp³-hybridized carbons (Fsp3) is 0.538. The van der Waals surface area contributed by atoms with E-state index in [1.165, 1.54) is 25.0 Å². The summed E-state index contributed by atoms with van der Waals surface area (Å²) in [5, 5.41) is 14.7. The van der Waals surface area contributed by atoms with E-state index in [9.17, 15) is 10.1 Å². The van der Waals surface area contributed by atoms with E-state index in [1.807, 2.05) is 0 Å². The topological polar surface area (TPSA) is 58.4 Å². The van der Waals surface area contributed by atoms with Gasteiger partial charge in [-0.15, -0.1) is 0 Å². The molecule has 0 saturated carbocycles. The Kier molecular flexibility index (Phi) is 5.07. The zero-order valence-corrected chi connectivity index (χ0v) is 12.7. The molecule has 1 saturated heterocycles. The first-order chi connectivity index (χ1) is 9.49. The van der Waals surface area contributed by atoms with Crippen molar-refractivity contribution in [3.05, 3.63) is 32.3 Å². The lowest BCUT2D eigenvalue weighted by Gasteiger charge is -2.32. The third-order valence-corrected chi connectivity index (χ3v) is 4.41. The molecule has 0 radical (unpaired) electrons. The third kappa shape index (κ3) is 3.53. The summed E-state index contributed by atoms with van der Waals surface area (Å²) in [5.41, 5.74) is 0.376. The van der Waals surface area contributed by atoms with Crippen LogP contribution in [0.5, 0.6) is 0 Å². The second kappa shape index (κ2) is 6.61. The summed E-state index contributed by atoms with van der Waals surface area (Å²) < 4.78 is 0. The van der Waals surface area contributed by atoms with Gasteiger partial charge in [-0.3, -0.25) is 10.1 Å². The molecule has 1 unspecified atom stereocenters. The summed E-state index contributed by atoms with van der Waals surface area (Å²) in [6, 6.07) is 3.19. The highest BCUT2D eigenvalue weighted by molar-refractivity contribution is 6.42. The fourth-order valence-corrected chi connectivity index (χ4v) is 2.78. The van der Waals surface area contributed by atoms with Crippen LogP contribution in [-0.2, 0) is 0 Å². The molecule has 0 bridgehead atoms. The van der Waals surface area contributed by atoms with Crippen molar-refractivity contribution in [1.29, 1.82) is 0 Å². The number of hydrogen-bond acceptors (Lipinski definition) is 4. The van der Waals surface area contributed by atoms with E-state index in [0.717, 1.165) is 13.0 Å². The van der Waals surface area contributed by atoms with Gasteiger partial charge in [0.1, 0.15) is 5.69 Å². The van der Waals surface area contributed by atoms with Gasteiger partial charge >= 0.3 is 0 Å². The molecule has 0 aromatic heterocycles. The number of likely N-dealkylation sites (N-methyl/N-ethyl adjacent to an activating group) is 1.